The molecule has 34 heavy (non-hydrogen) atoms. The number of halogens is 1. The van der Waals surface area contributed by atoms with E-state index in [1.54, 1.807) is 24.4 Å². The third-order valence-corrected chi connectivity index (χ3v) is 5.64. The first kappa shape index (κ1) is 22.1. The van der Waals surface area contributed by atoms with Gasteiger partial charge in [0.05, 0.1) is 47.2 Å². The number of amides is 1. The average Bonchev–Trinajstić information content (AvgIpc) is 3.26. The van der Waals surface area contributed by atoms with Crippen LogP contribution in [-0.2, 0) is 11.4 Å². The molecule has 0 saturated heterocycles. The fourth-order valence-electron chi connectivity index (χ4n) is 3.69. The highest BCUT2D eigenvalue weighted by atomic mass is 35.5. The summed E-state index contributed by atoms with van der Waals surface area (Å²) in [7, 11) is 0. The summed E-state index contributed by atoms with van der Waals surface area (Å²) >= 11 is 6.35. The van der Waals surface area contributed by atoms with E-state index in [2.05, 4.69) is 27.5 Å². The molecule has 5 rings (SSSR count). The van der Waals surface area contributed by atoms with Crippen LogP contribution in [0.1, 0.15) is 15.9 Å². The number of hydrazine groups is 2. The zero-order valence-corrected chi connectivity index (χ0v) is 18.7. The summed E-state index contributed by atoms with van der Waals surface area (Å²) in [5, 5.41) is 12.0. The highest BCUT2D eigenvalue weighted by Gasteiger charge is 2.22. The lowest BCUT2D eigenvalue weighted by molar-refractivity contribution is 0.0168. The second-order valence-corrected chi connectivity index (χ2v) is 8.03. The van der Waals surface area contributed by atoms with E-state index in [1.807, 2.05) is 41.4 Å². The molecule has 0 spiro atoms. The van der Waals surface area contributed by atoms with E-state index in [-0.39, 0.29) is 23.8 Å². The molecular formula is C24H21ClN6O3. The van der Waals surface area contributed by atoms with Crippen molar-refractivity contribution in [2.75, 3.05) is 23.6 Å². The summed E-state index contributed by atoms with van der Waals surface area (Å²) in [5.41, 5.74) is 13.2. The molecule has 0 fully saturated rings. The Labute approximate surface area is 200 Å². The average molecular weight is 477 g/mol. The van der Waals surface area contributed by atoms with Crippen molar-refractivity contribution in [1.29, 1.82) is 0 Å². The topological polar surface area (TPSA) is 112 Å². The van der Waals surface area contributed by atoms with Crippen LogP contribution >= 0.6 is 11.6 Å². The van der Waals surface area contributed by atoms with Gasteiger partial charge in [-0.15, -0.1) is 5.53 Å². The minimum atomic E-state index is -0.489. The number of hydrogen-bond donors (Lipinski definition) is 4. The van der Waals surface area contributed by atoms with Crippen LogP contribution in [0, 0.1) is 0 Å². The Balaban J connectivity index is 1.37. The zero-order chi connectivity index (χ0) is 23.5. The summed E-state index contributed by atoms with van der Waals surface area (Å²) in [5.74, 6) is 0.260. The Morgan fingerprint density at radius 1 is 1.15 bits per heavy atom. The molecule has 1 aliphatic rings. The highest BCUT2D eigenvalue weighted by Crippen LogP contribution is 2.32. The number of aliphatic hydroxyl groups is 1. The Morgan fingerprint density at radius 3 is 2.91 bits per heavy atom. The Hall–Kier alpha value is -3.76. The van der Waals surface area contributed by atoms with Crippen LogP contribution in [0.15, 0.2) is 66.9 Å². The number of rotatable bonds is 7. The monoisotopic (exact) mass is 476 g/mol. The lowest BCUT2D eigenvalue weighted by Crippen LogP contribution is -2.35. The van der Waals surface area contributed by atoms with Gasteiger partial charge >= 0.3 is 0 Å². The van der Waals surface area contributed by atoms with Gasteiger partial charge in [-0.1, -0.05) is 29.8 Å². The largest absolute Gasteiger partial charge is 0.394 e. The predicted octanol–water partition coefficient (Wildman–Crippen LogP) is 3.46. The first-order valence-electron chi connectivity index (χ1n) is 10.6. The van der Waals surface area contributed by atoms with Crippen LogP contribution in [0.2, 0.25) is 5.02 Å². The first-order valence-corrected chi connectivity index (χ1v) is 11.0. The van der Waals surface area contributed by atoms with Gasteiger partial charge in [-0.2, -0.15) is 0 Å². The van der Waals surface area contributed by atoms with Crippen LogP contribution < -0.4 is 21.4 Å². The molecule has 1 aliphatic heterocycles. The van der Waals surface area contributed by atoms with Gasteiger partial charge in [0.25, 0.3) is 5.91 Å². The van der Waals surface area contributed by atoms with Crippen molar-refractivity contribution in [1.82, 2.24) is 21.0 Å². The number of hydroxylamine groups is 1. The van der Waals surface area contributed by atoms with Crippen LogP contribution in [0.4, 0.5) is 11.5 Å². The molecule has 0 aliphatic carbocycles. The number of aliphatic hydroxyl groups excluding tert-OH is 1. The van der Waals surface area contributed by atoms with Gasteiger partial charge < -0.3 is 10.5 Å². The molecule has 2 aromatic carbocycles. The lowest BCUT2D eigenvalue weighted by atomic mass is 10.1. The molecule has 10 heteroatoms. The van der Waals surface area contributed by atoms with E-state index < -0.39 is 5.91 Å². The van der Waals surface area contributed by atoms with Crippen molar-refractivity contribution in [3.05, 3.63) is 83.0 Å². The second kappa shape index (κ2) is 9.62. The number of pyridine rings is 2. The molecule has 0 atom stereocenters. The van der Waals surface area contributed by atoms with Gasteiger partial charge in [-0.25, -0.2) is 10.5 Å². The summed E-state index contributed by atoms with van der Waals surface area (Å²) in [6.07, 6.45) is 1.78. The van der Waals surface area contributed by atoms with Crippen molar-refractivity contribution in [2.24, 2.45) is 0 Å². The van der Waals surface area contributed by atoms with Crippen molar-refractivity contribution in [3.8, 4) is 11.3 Å². The predicted molar refractivity (Wildman–Crippen MR) is 130 cm³/mol. The minimum Gasteiger partial charge on any atom is -0.394 e. The number of nitrogens with one attached hydrogen (secondary N) is 3. The summed E-state index contributed by atoms with van der Waals surface area (Å²) in [6, 6.07) is 19.0. The number of carbonyl (C=O) groups is 1. The third kappa shape index (κ3) is 4.50. The maximum Gasteiger partial charge on any atom is 0.276 e. The summed E-state index contributed by atoms with van der Waals surface area (Å²) in [6.45, 7) is 0.389. The van der Waals surface area contributed by atoms with Crippen molar-refractivity contribution < 1.29 is 14.7 Å². The van der Waals surface area contributed by atoms with E-state index in [4.69, 9.17) is 26.5 Å². The fraction of sp³-hybridized carbons (Fsp3) is 0.125. The molecule has 9 nitrogen and oxygen atoms in total. The van der Waals surface area contributed by atoms with Crippen LogP contribution in [0.5, 0.6) is 0 Å². The Bertz CT molecular complexity index is 1370. The van der Waals surface area contributed by atoms with Crippen molar-refractivity contribution >= 4 is 39.9 Å². The number of fused-ring (bicyclic) bond motifs is 2. The summed E-state index contributed by atoms with van der Waals surface area (Å²) < 4.78 is 0. The summed E-state index contributed by atoms with van der Waals surface area (Å²) in [4.78, 5) is 26.2. The van der Waals surface area contributed by atoms with E-state index in [9.17, 15) is 4.79 Å². The molecule has 172 valence electrons. The zero-order valence-electron chi connectivity index (χ0n) is 18.0. The van der Waals surface area contributed by atoms with E-state index in [0.717, 1.165) is 33.5 Å². The quantitative estimate of drug-likeness (QED) is 0.237. The minimum absolute atomic E-state index is 0.00481. The fourth-order valence-corrected chi connectivity index (χ4v) is 3.96. The number of benzene rings is 2. The maximum atomic E-state index is 12.2. The lowest BCUT2D eigenvalue weighted by Gasteiger charge is -2.18. The molecule has 4 aromatic rings. The van der Waals surface area contributed by atoms with Gasteiger partial charge in [0.15, 0.2) is 5.82 Å². The van der Waals surface area contributed by atoms with Gasteiger partial charge in [0, 0.05) is 17.1 Å². The van der Waals surface area contributed by atoms with Gasteiger partial charge in [0.1, 0.15) is 0 Å². The SMILES string of the molecule is O=C(NOCCO)c1ccc(-c2ccc3c(n2)N(Cc2ccc4ncccc4c2)NN3)cc1Cl. The second-order valence-electron chi connectivity index (χ2n) is 7.62. The molecule has 2 aromatic heterocycles. The normalized spacial score (nSPS) is 12.5. The molecule has 4 N–H and O–H groups in total. The molecule has 0 unspecified atom stereocenters. The smallest absolute Gasteiger partial charge is 0.276 e. The molecule has 0 radical (unpaired) electrons. The van der Waals surface area contributed by atoms with Gasteiger partial charge in [0.2, 0.25) is 0 Å². The molecule has 3 heterocycles. The van der Waals surface area contributed by atoms with Crippen LogP contribution in [0.3, 0.4) is 0 Å². The Morgan fingerprint density at radius 2 is 2.06 bits per heavy atom. The molecular weight excluding hydrogens is 456 g/mol. The number of anilines is 2. The maximum absolute atomic E-state index is 12.2. The highest BCUT2D eigenvalue weighted by molar-refractivity contribution is 6.34. The number of nitrogens with zero attached hydrogens (tertiary/aromatic N) is 3. The van der Waals surface area contributed by atoms with E-state index in [0.29, 0.717) is 12.2 Å². The van der Waals surface area contributed by atoms with Crippen molar-refractivity contribution in [3.63, 3.8) is 0 Å². The third-order valence-electron chi connectivity index (χ3n) is 5.33. The molecule has 0 bridgehead atoms. The molecule has 1 amide bonds. The van der Waals surface area contributed by atoms with Crippen LogP contribution in [-0.4, -0.2) is 34.2 Å². The standard InChI is InChI=1S/C24H21ClN6O3/c25-19-13-17(4-5-18(19)24(33)29-34-11-10-32)21-7-8-22-23(27-21)31(30-28-22)14-15-3-6-20-16(12-15)2-1-9-26-20/h1-9,12-13,28,30,32H,10-11,14H2,(H,29,33). The Kier molecular flexibility index (Phi) is 6.24. The molecule has 0 saturated carbocycles. The number of aromatic nitrogens is 2. The van der Waals surface area contributed by atoms with Crippen LogP contribution in [0.25, 0.3) is 22.2 Å². The number of hydrogen-bond acceptors (Lipinski definition) is 8. The van der Waals surface area contributed by atoms with Gasteiger partial charge in [-0.3, -0.25) is 19.6 Å². The van der Waals surface area contributed by atoms with E-state index >= 15 is 0 Å². The van der Waals surface area contributed by atoms with Crippen molar-refractivity contribution in [2.45, 2.75) is 6.54 Å². The van der Waals surface area contributed by atoms with Gasteiger partial charge in [-0.05, 0) is 48.0 Å². The van der Waals surface area contributed by atoms with E-state index in [1.165, 1.54) is 0 Å². The first-order chi connectivity index (χ1) is 16.6. The number of carbonyl (C=O) groups excluding carboxylic acids is 1.